The number of aromatic nitrogens is 4. The summed E-state index contributed by atoms with van der Waals surface area (Å²) < 4.78 is 7.57. The fraction of sp³-hybridized carbons (Fsp3) is 0.0909. The average Bonchev–Trinajstić information content (AvgIpc) is 3.28. The number of carbonyl (C=O) groups excluding carboxylic acids is 1. The van der Waals surface area contributed by atoms with E-state index < -0.39 is 5.92 Å². The maximum Gasteiger partial charge on any atom is 0.236 e. The Kier molecular flexibility index (Phi) is 4.05. The molecule has 1 N–H and O–H groups in total. The number of carbonyl (C=O) groups is 1. The van der Waals surface area contributed by atoms with E-state index in [1.54, 1.807) is 4.68 Å². The Balaban J connectivity index is 1.54. The van der Waals surface area contributed by atoms with Crippen LogP contribution in [0.15, 0.2) is 73.1 Å². The van der Waals surface area contributed by atoms with Crippen LogP contribution in [0.4, 0.5) is 5.69 Å². The van der Waals surface area contributed by atoms with Crippen molar-refractivity contribution in [2.24, 2.45) is 0 Å². The molecule has 0 radical (unpaired) electrons. The smallest absolute Gasteiger partial charge is 0.236 e. The number of nitrogens with one attached hydrogen (secondary N) is 1. The number of ether oxygens (including phenoxy) is 1. The molecule has 29 heavy (non-hydrogen) atoms. The summed E-state index contributed by atoms with van der Waals surface area (Å²) >= 11 is 0. The number of benzene rings is 3. The Morgan fingerprint density at radius 3 is 2.31 bits per heavy atom. The molecule has 7 heteroatoms. The van der Waals surface area contributed by atoms with Gasteiger partial charge in [-0.15, -0.1) is 5.10 Å². The van der Waals surface area contributed by atoms with Crippen molar-refractivity contribution in [3.8, 4) is 17.2 Å². The van der Waals surface area contributed by atoms with E-state index in [4.69, 9.17) is 4.74 Å². The molecule has 1 aliphatic rings. The van der Waals surface area contributed by atoms with Crippen molar-refractivity contribution >= 4 is 11.6 Å². The van der Waals surface area contributed by atoms with Gasteiger partial charge in [0, 0.05) is 16.8 Å². The lowest BCUT2D eigenvalue weighted by Crippen LogP contribution is -2.25. The second-order valence-corrected chi connectivity index (χ2v) is 6.80. The number of amides is 1. The monoisotopic (exact) mass is 383 g/mol. The van der Waals surface area contributed by atoms with E-state index in [1.807, 2.05) is 73.7 Å². The van der Waals surface area contributed by atoms with Gasteiger partial charge in [0.1, 0.15) is 17.8 Å². The Morgan fingerprint density at radius 2 is 1.66 bits per heavy atom. The Labute approximate surface area is 167 Å². The predicted octanol–water partition coefficient (Wildman–Crippen LogP) is 3.85. The lowest BCUT2D eigenvalue weighted by atomic mass is 9.87. The molecule has 0 aliphatic carbocycles. The maximum atomic E-state index is 13.4. The lowest BCUT2D eigenvalue weighted by Gasteiger charge is -2.27. The van der Waals surface area contributed by atoms with Crippen molar-refractivity contribution in [3.05, 3.63) is 89.7 Å². The van der Waals surface area contributed by atoms with E-state index >= 15 is 0 Å². The molecule has 0 fully saturated rings. The molecule has 4 aromatic rings. The van der Waals surface area contributed by atoms with Gasteiger partial charge in [-0.25, -0.2) is 4.68 Å². The Hall–Kier alpha value is -4.00. The van der Waals surface area contributed by atoms with E-state index in [0.29, 0.717) is 17.2 Å². The van der Waals surface area contributed by atoms with Crippen molar-refractivity contribution in [3.63, 3.8) is 0 Å². The molecule has 0 atom stereocenters. The first-order valence-corrected chi connectivity index (χ1v) is 9.22. The molecule has 7 nitrogen and oxygen atoms in total. The molecule has 0 saturated heterocycles. The van der Waals surface area contributed by atoms with Crippen molar-refractivity contribution in [1.82, 2.24) is 20.2 Å². The summed E-state index contributed by atoms with van der Waals surface area (Å²) in [7, 11) is 0. The number of fused-ring (bicyclic) bond motifs is 2. The third kappa shape index (κ3) is 2.93. The third-order valence-corrected chi connectivity index (χ3v) is 5.10. The van der Waals surface area contributed by atoms with Gasteiger partial charge in [-0.1, -0.05) is 42.5 Å². The van der Waals surface area contributed by atoms with Gasteiger partial charge in [0.2, 0.25) is 5.91 Å². The van der Waals surface area contributed by atoms with Crippen molar-refractivity contribution in [2.75, 3.05) is 5.32 Å². The van der Waals surface area contributed by atoms with E-state index in [-0.39, 0.29) is 5.91 Å². The van der Waals surface area contributed by atoms with Crippen molar-refractivity contribution < 1.29 is 9.53 Å². The summed E-state index contributed by atoms with van der Waals surface area (Å²) in [6, 6.07) is 20.9. The zero-order chi connectivity index (χ0) is 19.8. The first kappa shape index (κ1) is 17.1. The predicted molar refractivity (Wildman–Crippen MR) is 107 cm³/mol. The highest BCUT2D eigenvalue weighted by Crippen LogP contribution is 2.44. The highest BCUT2D eigenvalue weighted by atomic mass is 16.5. The summed E-state index contributed by atoms with van der Waals surface area (Å²) in [6.07, 6.45) is 1.53. The summed E-state index contributed by atoms with van der Waals surface area (Å²) in [5.41, 5.74) is 4.09. The molecule has 5 rings (SSSR count). The number of tetrazole rings is 1. The fourth-order valence-electron chi connectivity index (χ4n) is 3.68. The molecule has 0 unspecified atom stereocenters. The van der Waals surface area contributed by atoms with Crippen LogP contribution in [0.2, 0.25) is 0 Å². The zero-order valence-corrected chi connectivity index (χ0v) is 15.6. The molecule has 0 saturated carbocycles. The van der Waals surface area contributed by atoms with E-state index in [0.717, 1.165) is 22.4 Å². The first-order valence-electron chi connectivity index (χ1n) is 9.22. The van der Waals surface area contributed by atoms with Gasteiger partial charge in [0.15, 0.2) is 0 Å². The molecule has 0 spiro atoms. The summed E-state index contributed by atoms with van der Waals surface area (Å²) in [5.74, 6) is 0.813. The molecular formula is C22H17N5O2. The zero-order valence-electron chi connectivity index (χ0n) is 15.6. The van der Waals surface area contributed by atoms with Gasteiger partial charge in [-0.3, -0.25) is 4.79 Å². The number of hydrogen-bond acceptors (Lipinski definition) is 5. The standard InChI is InChI=1S/C22H17N5O2/c1-14-17(9-6-10-18(14)27-13-23-25-26-27)24-22(28)21-15-7-2-4-11-19(15)29-20-12-5-3-8-16(20)21/h2-13,21H,1H3,(H,24,28). The minimum absolute atomic E-state index is 0.120. The normalized spacial score (nSPS) is 12.6. The quantitative estimate of drug-likeness (QED) is 0.581. The van der Waals surface area contributed by atoms with Gasteiger partial charge in [0.05, 0.1) is 11.6 Å². The van der Waals surface area contributed by atoms with Crippen LogP contribution in [0.25, 0.3) is 5.69 Å². The first-order chi connectivity index (χ1) is 14.2. The van der Waals surface area contributed by atoms with Crippen LogP contribution in [0.1, 0.15) is 22.6 Å². The SMILES string of the molecule is Cc1c(NC(=O)C2c3ccccc3Oc3ccccc32)cccc1-n1cnnn1. The molecule has 1 aromatic heterocycles. The Bertz CT molecular complexity index is 1160. The maximum absolute atomic E-state index is 13.4. The van der Waals surface area contributed by atoms with Crippen LogP contribution < -0.4 is 10.1 Å². The Morgan fingerprint density at radius 1 is 0.966 bits per heavy atom. The van der Waals surface area contributed by atoms with Gasteiger partial charge >= 0.3 is 0 Å². The molecule has 0 bridgehead atoms. The van der Waals surface area contributed by atoms with Crippen LogP contribution in [-0.2, 0) is 4.79 Å². The molecular weight excluding hydrogens is 366 g/mol. The summed E-state index contributed by atoms with van der Waals surface area (Å²) in [4.78, 5) is 13.4. The largest absolute Gasteiger partial charge is 0.457 e. The van der Waals surface area contributed by atoms with Gasteiger partial charge < -0.3 is 10.1 Å². The van der Waals surface area contributed by atoms with Gasteiger partial charge in [0.25, 0.3) is 0 Å². The highest BCUT2D eigenvalue weighted by Gasteiger charge is 2.32. The molecule has 1 amide bonds. The number of hydrogen-bond donors (Lipinski definition) is 1. The molecule has 2 heterocycles. The average molecular weight is 383 g/mol. The van der Waals surface area contributed by atoms with Crippen molar-refractivity contribution in [1.29, 1.82) is 0 Å². The minimum Gasteiger partial charge on any atom is -0.457 e. The topological polar surface area (TPSA) is 81.9 Å². The van der Waals surface area contributed by atoms with Gasteiger partial charge in [-0.05, 0) is 47.2 Å². The lowest BCUT2D eigenvalue weighted by molar-refractivity contribution is -0.116. The number of para-hydroxylation sites is 2. The van der Waals surface area contributed by atoms with Crippen molar-refractivity contribution in [2.45, 2.75) is 12.8 Å². The van der Waals surface area contributed by atoms with Crippen LogP contribution >= 0.6 is 0 Å². The molecule has 142 valence electrons. The summed E-state index contributed by atoms with van der Waals surface area (Å²) in [6.45, 7) is 1.93. The van der Waals surface area contributed by atoms with Crippen LogP contribution in [-0.4, -0.2) is 26.1 Å². The van der Waals surface area contributed by atoms with Crippen LogP contribution in [0.5, 0.6) is 11.5 Å². The van der Waals surface area contributed by atoms with Crippen LogP contribution in [0.3, 0.4) is 0 Å². The van der Waals surface area contributed by atoms with Crippen LogP contribution in [0, 0.1) is 6.92 Å². The number of nitrogens with zero attached hydrogens (tertiary/aromatic N) is 4. The molecule has 1 aliphatic heterocycles. The molecule has 3 aromatic carbocycles. The van der Waals surface area contributed by atoms with E-state index in [9.17, 15) is 4.79 Å². The van der Waals surface area contributed by atoms with E-state index in [1.165, 1.54) is 6.33 Å². The minimum atomic E-state index is -0.466. The van der Waals surface area contributed by atoms with E-state index in [2.05, 4.69) is 20.8 Å². The summed E-state index contributed by atoms with van der Waals surface area (Å²) in [5, 5.41) is 14.4. The number of rotatable bonds is 3. The number of anilines is 1. The third-order valence-electron chi connectivity index (χ3n) is 5.10. The fourth-order valence-corrected chi connectivity index (χ4v) is 3.68. The van der Waals surface area contributed by atoms with Gasteiger partial charge in [-0.2, -0.15) is 0 Å². The second-order valence-electron chi connectivity index (χ2n) is 6.80. The second kappa shape index (κ2) is 6.87. The highest BCUT2D eigenvalue weighted by molar-refractivity contribution is 6.00.